The summed E-state index contributed by atoms with van der Waals surface area (Å²) in [7, 11) is 1.63. The number of rotatable bonds is 5. The molecule has 2 amide bonds. The van der Waals surface area contributed by atoms with E-state index in [0.717, 1.165) is 22.7 Å². The fourth-order valence-corrected chi connectivity index (χ4v) is 5.49. The molecule has 3 heterocycles. The molecule has 1 saturated heterocycles. The van der Waals surface area contributed by atoms with Crippen molar-refractivity contribution in [2.24, 2.45) is 7.05 Å². The first-order valence-corrected chi connectivity index (χ1v) is 13.9. The largest absolute Gasteiger partial charge is 0.573 e. The lowest BCUT2D eigenvalue weighted by molar-refractivity contribution is -0.274. The fraction of sp³-hybridized carbons (Fsp3) is 0.433. The summed E-state index contributed by atoms with van der Waals surface area (Å²) in [4.78, 5) is 32.1. The van der Waals surface area contributed by atoms with Crippen LogP contribution in [0.2, 0.25) is 0 Å². The minimum atomic E-state index is -4.98. The van der Waals surface area contributed by atoms with E-state index in [1.807, 2.05) is 62.6 Å². The second-order valence-corrected chi connectivity index (χ2v) is 11.5. The van der Waals surface area contributed by atoms with Crippen LogP contribution in [0.25, 0.3) is 33.5 Å². The molecule has 1 aliphatic rings. The van der Waals surface area contributed by atoms with Crippen molar-refractivity contribution in [1.82, 2.24) is 24.3 Å². The van der Waals surface area contributed by atoms with Gasteiger partial charge in [-0.05, 0) is 64.8 Å². The molecule has 5 rings (SSSR count). The van der Waals surface area contributed by atoms with Crippen molar-refractivity contribution in [1.29, 1.82) is 0 Å². The number of fused-ring (bicyclic) bond motifs is 2. The molecule has 224 valence electrons. The van der Waals surface area contributed by atoms with Crippen LogP contribution in [0, 0.1) is 0 Å². The summed E-state index contributed by atoms with van der Waals surface area (Å²) in [5.41, 5.74) is 1.53. The number of likely N-dealkylation sites (tertiary alicyclic amines) is 1. The van der Waals surface area contributed by atoms with Crippen molar-refractivity contribution in [2.75, 3.05) is 13.1 Å². The highest BCUT2D eigenvalue weighted by Crippen LogP contribution is 2.37. The third kappa shape index (κ3) is 6.02. The number of carbonyl (C=O) groups excluding carboxylic acids is 2. The molecule has 4 aromatic rings. The molecule has 0 unspecified atom stereocenters. The topological polar surface area (TPSA) is 90.6 Å². The van der Waals surface area contributed by atoms with Crippen LogP contribution in [0.5, 0.6) is 5.75 Å². The number of amides is 2. The number of hydrogen-bond donors (Lipinski definition) is 1. The van der Waals surface area contributed by atoms with Crippen LogP contribution in [-0.4, -0.2) is 62.1 Å². The molecule has 0 saturated carbocycles. The highest BCUT2D eigenvalue weighted by molar-refractivity contribution is 6.00. The quantitative estimate of drug-likeness (QED) is 0.299. The van der Waals surface area contributed by atoms with Gasteiger partial charge in [-0.2, -0.15) is 0 Å². The molecule has 0 aliphatic carbocycles. The van der Waals surface area contributed by atoms with Gasteiger partial charge in [0, 0.05) is 42.1 Å². The Hall–Kier alpha value is -4.22. The zero-order valence-corrected chi connectivity index (χ0v) is 24.2. The van der Waals surface area contributed by atoms with Gasteiger partial charge in [0.15, 0.2) is 11.6 Å². The van der Waals surface area contributed by atoms with Crippen LogP contribution in [0.15, 0.2) is 42.5 Å². The van der Waals surface area contributed by atoms with Crippen LogP contribution in [0.4, 0.5) is 18.0 Å². The maximum atomic E-state index is 13.6. The van der Waals surface area contributed by atoms with Gasteiger partial charge < -0.3 is 28.8 Å². The summed E-state index contributed by atoms with van der Waals surface area (Å²) in [6, 6.07) is 12.3. The molecule has 2 aromatic heterocycles. The summed E-state index contributed by atoms with van der Waals surface area (Å²) in [5.74, 6) is -0.572. The van der Waals surface area contributed by atoms with Gasteiger partial charge in [-0.15, -0.1) is 13.2 Å². The predicted molar refractivity (Wildman–Crippen MR) is 152 cm³/mol. The van der Waals surface area contributed by atoms with Crippen LogP contribution in [0.3, 0.4) is 0 Å². The molecule has 2 aromatic carbocycles. The number of nitrogens with one attached hydrogen (secondary N) is 1. The van der Waals surface area contributed by atoms with E-state index in [1.54, 1.807) is 11.6 Å². The number of para-hydroxylation sites is 1. The van der Waals surface area contributed by atoms with Crippen molar-refractivity contribution < 1.29 is 32.2 Å². The number of aromatic nitrogens is 3. The molecule has 0 spiro atoms. The van der Waals surface area contributed by atoms with Crippen LogP contribution < -0.4 is 10.1 Å². The van der Waals surface area contributed by atoms with Crippen molar-refractivity contribution in [2.45, 2.75) is 65.1 Å². The maximum absolute atomic E-state index is 13.6. The van der Waals surface area contributed by atoms with Gasteiger partial charge in [0.2, 0.25) is 0 Å². The number of ether oxygens (including phenoxy) is 2. The van der Waals surface area contributed by atoms with E-state index < -0.39 is 35.8 Å². The average Bonchev–Trinajstić information content (AvgIpc) is 3.43. The van der Waals surface area contributed by atoms with Gasteiger partial charge in [0.1, 0.15) is 11.6 Å². The van der Waals surface area contributed by atoms with Gasteiger partial charge in [-0.3, -0.25) is 4.79 Å². The summed E-state index contributed by atoms with van der Waals surface area (Å²) >= 11 is 0. The Labute approximate surface area is 241 Å². The van der Waals surface area contributed by atoms with E-state index in [4.69, 9.17) is 9.72 Å². The summed E-state index contributed by atoms with van der Waals surface area (Å²) < 4.78 is 54.2. The minimum Gasteiger partial charge on any atom is -0.444 e. The number of benzene rings is 2. The lowest BCUT2D eigenvalue weighted by Crippen LogP contribution is -2.47. The minimum absolute atomic E-state index is 0.00206. The molecule has 1 N–H and O–H groups in total. The average molecular weight is 586 g/mol. The summed E-state index contributed by atoms with van der Waals surface area (Å²) in [5, 5.41) is 3.70. The van der Waals surface area contributed by atoms with Crippen LogP contribution >= 0.6 is 0 Å². The number of alkyl halides is 3. The van der Waals surface area contributed by atoms with Crippen LogP contribution in [0.1, 0.15) is 50.9 Å². The standard InChI is InChI=1S/C30H34F3N5O4/c1-6-38-22-12-8-7-10-18(22)15-23(38)26-34-21-14-19(16-24(25(21)36(26)5)42-30(31,32)33)27(39)37-13-9-11-20(17-37)41-28(40)35-29(2,3)4/h7-8,10,12,14-16,20H,6,9,11,13,17H2,1-5H3,(H,35,40)/t20-/m1/s1. The highest BCUT2D eigenvalue weighted by atomic mass is 19.4. The lowest BCUT2D eigenvalue weighted by atomic mass is 10.1. The Morgan fingerprint density at radius 2 is 1.86 bits per heavy atom. The Balaban J connectivity index is 1.52. The Morgan fingerprint density at radius 3 is 2.55 bits per heavy atom. The first kappa shape index (κ1) is 29.3. The first-order valence-electron chi connectivity index (χ1n) is 13.9. The molecule has 42 heavy (non-hydrogen) atoms. The maximum Gasteiger partial charge on any atom is 0.573 e. The van der Waals surface area contributed by atoms with Crippen molar-refractivity contribution in [3.63, 3.8) is 0 Å². The monoisotopic (exact) mass is 585 g/mol. The van der Waals surface area contributed by atoms with Crippen LogP contribution in [-0.2, 0) is 18.3 Å². The van der Waals surface area contributed by atoms with E-state index in [9.17, 15) is 22.8 Å². The second kappa shape index (κ2) is 10.9. The van der Waals surface area contributed by atoms with Gasteiger partial charge in [0.05, 0.1) is 17.8 Å². The molecule has 1 fully saturated rings. The van der Waals surface area contributed by atoms with Gasteiger partial charge >= 0.3 is 12.5 Å². The van der Waals surface area contributed by atoms with Crippen molar-refractivity contribution in [3.8, 4) is 17.3 Å². The molecule has 0 radical (unpaired) electrons. The number of halogens is 3. The normalized spacial score (nSPS) is 16.2. The molecule has 0 bridgehead atoms. The summed E-state index contributed by atoms with van der Waals surface area (Å²) in [6.45, 7) is 8.57. The van der Waals surface area contributed by atoms with Gasteiger partial charge in [-0.1, -0.05) is 18.2 Å². The molecule has 1 atom stereocenters. The molecule has 9 nitrogen and oxygen atoms in total. The van der Waals surface area contributed by atoms with E-state index in [0.29, 0.717) is 31.8 Å². The van der Waals surface area contributed by atoms with E-state index in [1.165, 1.54) is 11.0 Å². The lowest BCUT2D eigenvalue weighted by Gasteiger charge is -2.33. The number of hydrogen-bond acceptors (Lipinski definition) is 5. The second-order valence-electron chi connectivity index (χ2n) is 11.5. The number of imidazole rings is 1. The smallest absolute Gasteiger partial charge is 0.444 e. The third-order valence-corrected chi connectivity index (χ3v) is 7.18. The van der Waals surface area contributed by atoms with Crippen molar-refractivity contribution in [3.05, 3.63) is 48.0 Å². The number of carbonyl (C=O) groups is 2. The highest BCUT2D eigenvalue weighted by Gasteiger charge is 2.35. The molecular formula is C30H34F3N5O4. The molecule has 1 aliphatic heterocycles. The number of aryl methyl sites for hydroxylation is 2. The SMILES string of the molecule is CCn1c(-c2nc3cc(C(=O)N4CCC[C@@H](OC(=O)NC(C)(C)C)C4)cc(OC(F)(F)F)c3n2C)cc2ccccc21. The van der Waals surface area contributed by atoms with E-state index in [-0.39, 0.29) is 23.1 Å². The van der Waals surface area contributed by atoms with E-state index >= 15 is 0 Å². The first-order chi connectivity index (χ1) is 19.7. The number of nitrogens with zero attached hydrogens (tertiary/aromatic N) is 4. The molecule has 12 heteroatoms. The zero-order chi connectivity index (χ0) is 30.4. The van der Waals surface area contributed by atoms with Gasteiger partial charge in [0.25, 0.3) is 5.91 Å². The Bertz CT molecular complexity index is 1650. The fourth-order valence-electron chi connectivity index (χ4n) is 5.49. The van der Waals surface area contributed by atoms with E-state index in [2.05, 4.69) is 10.1 Å². The number of piperidine rings is 1. The van der Waals surface area contributed by atoms with Crippen molar-refractivity contribution >= 4 is 33.9 Å². The Morgan fingerprint density at radius 1 is 1.12 bits per heavy atom. The summed E-state index contributed by atoms with van der Waals surface area (Å²) in [6.07, 6.45) is -4.98. The zero-order valence-electron chi connectivity index (χ0n) is 24.2. The van der Waals surface area contributed by atoms with Gasteiger partial charge in [-0.25, -0.2) is 9.78 Å². The Kier molecular flexibility index (Phi) is 7.59. The predicted octanol–water partition coefficient (Wildman–Crippen LogP) is 6.24. The third-order valence-electron chi connectivity index (χ3n) is 7.18. The molecular weight excluding hydrogens is 551 g/mol. The number of alkyl carbamates (subject to hydrolysis) is 1.